The second kappa shape index (κ2) is 12.4. The molecule has 8 nitrogen and oxygen atoms in total. The third kappa shape index (κ3) is 7.94. The molecule has 0 bridgehead atoms. The van der Waals surface area contributed by atoms with Crippen LogP contribution in [0.5, 0.6) is 0 Å². The number of nitrogens with one attached hydrogen (secondary N) is 1. The first-order valence-electron chi connectivity index (χ1n) is 12.9. The van der Waals surface area contributed by atoms with Gasteiger partial charge in [-0.2, -0.15) is 44.3 Å². The van der Waals surface area contributed by atoms with E-state index < -0.39 is 53.9 Å². The maximum atomic E-state index is 13.8. The van der Waals surface area contributed by atoms with Crippen molar-refractivity contribution in [1.29, 1.82) is 0 Å². The zero-order valence-corrected chi connectivity index (χ0v) is 22.8. The van der Waals surface area contributed by atoms with Crippen molar-refractivity contribution in [2.24, 2.45) is 7.05 Å². The Morgan fingerprint density at radius 1 is 0.860 bits per heavy atom. The number of hydrogen-bond donors (Lipinski definition) is 1. The first-order valence-corrected chi connectivity index (χ1v) is 12.9. The number of aromatic nitrogens is 5. The lowest BCUT2D eigenvalue weighted by Gasteiger charge is -2.26. The van der Waals surface area contributed by atoms with E-state index in [4.69, 9.17) is 4.84 Å². The molecule has 0 atom stereocenters. The Hall–Kier alpha value is -3.89. The lowest BCUT2D eigenvalue weighted by atomic mass is 9.91. The molecule has 0 unspecified atom stereocenters. The van der Waals surface area contributed by atoms with Gasteiger partial charge in [-0.05, 0) is 66.3 Å². The van der Waals surface area contributed by atoms with Crippen LogP contribution >= 0.6 is 0 Å². The van der Waals surface area contributed by atoms with Crippen LogP contribution < -0.4 is 10.4 Å². The molecule has 1 N–H and O–H groups in total. The number of hydrogen-bond acceptors (Lipinski definition) is 7. The molecule has 1 aliphatic rings. The molecule has 1 aromatic carbocycles. The summed E-state index contributed by atoms with van der Waals surface area (Å²) in [6, 6.07) is 1.87. The van der Waals surface area contributed by atoms with Crippen molar-refractivity contribution in [3.8, 4) is 0 Å². The molecule has 43 heavy (non-hydrogen) atoms. The van der Waals surface area contributed by atoms with E-state index >= 15 is 0 Å². The van der Waals surface area contributed by atoms with Crippen LogP contribution in [0.25, 0.3) is 5.70 Å². The average Bonchev–Trinajstić information content (AvgIpc) is 3.36. The summed E-state index contributed by atoms with van der Waals surface area (Å²) in [5.74, 6) is -0.247. The summed E-state index contributed by atoms with van der Waals surface area (Å²) >= 11 is 0. The van der Waals surface area contributed by atoms with E-state index in [0.717, 1.165) is 40.6 Å². The molecular formula is C26H26F9N7O. The maximum absolute atomic E-state index is 13.8. The molecule has 3 aromatic rings. The number of halogens is 9. The number of rotatable bonds is 8. The minimum atomic E-state index is -5.10. The van der Waals surface area contributed by atoms with Crippen molar-refractivity contribution in [1.82, 2.24) is 30.7 Å². The number of tetrazole rings is 1. The van der Waals surface area contributed by atoms with E-state index in [2.05, 4.69) is 25.9 Å². The summed E-state index contributed by atoms with van der Waals surface area (Å²) in [7, 11) is 2.68. The van der Waals surface area contributed by atoms with E-state index in [9.17, 15) is 39.5 Å². The van der Waals surface area contributed by atoms with Crippen molar-refractivity contribution in [2.45, 2.75) is 63.7 Å². The van der Waals surface area contributed by atoms with Gasteiger partial charge in [0, 0.05) is 24.8 Å². The van der Waals surface area contributed by atoms with Crippen molar-refractivity contribution < 1.29 is 44.4 Å². The summed E-state index contributed by atoms with van der Waals surface area (Å²) in [5.41, 5.74) is -0.732. The van der Waals surface area contributed by atoms with Crippen LogP contribution in [0, 0.1) is 0 Å². The second-order valence-corrected chi connectivity index (χ2v) is 9.92. The van der Waals surface area contributed by atoms with Crippen LogP contribution in [-0.2, 0) is 43.5 Å². The van der Waals surface area contributed by atoms with E-state index in [1.54, 1.807) is 0 Å². The first kappa shape index (κ1) is 32.0. The molecule has 1 fully saturated rings. The van der Waals surface area contributed by atoms with Gasteiger partial charge < -0.3 is 4.90 Å². The standard InChI is InChI=1S/C26H26F9N7O/c1-41-38-23(37-40-41)42(13-15-8-18(24(27,28)29)11-19(9-15)25(30,31)32)14-17-10-20(26(33,34)35)12-36-21(17)22(39-43-2)16-6-4-3-5-7-16/h8-12,39H,3-7,13-14H2,1-2H3. The Bertz CT molecular complexity index is 1420. The van der Waals surface area contributed by atoms with Crippen molar-refractivity contribution in [3.63, 3.8) is 0 Å². The van der Waals surface area contributed by atoms with Crippen LogP contribution in [0.4, 0.5) is 45.5 Å². The van der Waals surface area contributed by atoms with Gasteiger partial charge in [-0.15, -0.1) is 5.10 Å². The van der Waals surface area contributed by atoms with Gasteiger partial charge in [0.15, 0.2) is 0 Å². The molecule has 0 saturated heterocycles. The first-order chi connectivity index (χ1) is 20.1. The highest BCUT2D eigenvalue weighted by molar-refractivity contribution is 5.67. The van der Waals surface area contributed by atoms with E-state index in [1.807, 2.05) is 0 Å². The van der Waals surface area contributed by atoms with Gasteiger partial charge in [0.1, 0.15) is 0 Å². The largest absolute Gasteiger partial charge is 0.417 e. The normalized spacial score (nSPS) is 14.6. The fourth-order valence-corrected chi connectivity index (χ4v) is 4.76. The van der Waals surface area contributed by atoms with Gasteiger partial charge >= 0.3 is 18.5 Å². The minimum absolute atomic E-state index is 0.0116. The lowest BCUT2D eigenvalue weighted by Crippen LogP contribution is -2.27. The maximum Gasteiger partial charge on any atom is 0.417 e. The van der Waals surface area contributed by atoms with E-state index in [-0.39, 0.29) is 23.3 Å². The highest BCUT2D eigenvalue weighted by atomic mass is 19.4. The molecule has 0 aliphatic heterocycles. The molecule has 0 amide bonds. The van der Waals surface area contributed by atoms with Gasteiger partial charge in [-0.25, -0.2) is 0 Å². The van der Waals surface area contributed by atoms with Crippen molar-refractivity contribution >= 4 is 11.6 Å². The summed E-state index contributed by atoms with van der Waals surface area (Å²) in [6.07, 6.45) is -10.5. The second-order valence-electron chi connectivity index (χ2n) is 9.92. The Morgan fingerprint density at radius 2 is 1.47 bits per heavy atom. The van der Waals surface area contributed by atoms with Crippen molar-refractivity contribution in [3.05, 3.63) is 69.5 Å². The number of alkyl halides is 9. The highest BCUT2D eigenvalue weighted by Crippen LogP contribution is 2.38. The lowest BCUT2D eigenvalue weighted by molar-refractivity contribution is -0.143. The topological polar surface area (TPSA) is 81.0 Å². The van der Waals surface area contributed by atoms with Gasteiger partial charge in [-0.1, -0.05) is 11.5 Å². The average molecular weight is 624 g/mol. The third-order valence-electron chi connectivity index (χ3n) is 6.71. The van der Waals surface area contributed by atoms with Gasteiger partial charge in [0.05, 0.1) is 42.2 Å². The molecule has 2 aromatic heterocycles. The Labute approximate surface area is 239 Å². The van der Waals surface area contributed by atoms with E-state index in [0.29, 0.717) is 36.9 Å². The van der Waals surface area contributed by atoms with Crippen LogP contribution in [0.2, 0.25) is 0 Å². The van der Waals surface area contributed by atoms with Crippen LogP contribution in [0.1, 0.15) is 65.6 Å². The number of hydroxylamine groups is 1. The van der Waals surface area contributed by atoms with Gasteiger partial charge in [0.2, 0.25) is 0 Å². The van der Waals surface area contributed by atoms with Crippen LogP contribution in [-0.4, -0.2) is 32.3 Å². The van der Waals surface area contributed by atoms with Crippen LogP contribution in [0.15, 0.2) is 36.0 Å². The summed E-state index contributed by atoms with van der Waals surface area (Å²) in [6.45, 7) is -1.13. The summed E-state index contributed by atoms with van der Waals surface area (Å²) in [4.78, 5) is 11.3. The van der Waals surface area contributed by atoms with Crippen molar-refractivity contribution in [2.75, 3.05) is 12.0 Å². The SMILES string of the molecule is CONC(=C1CCCCC1)c1ncc(C(F)(F)F)cc1CN(Cc1cc(C(F)(F)F)cc(C(F)(F)F)c1)c1nnn(C)n1. The van der Waals surface area contributed by atoms with Gasteiger partial charge in [0.25, 0.3) is 5.95 Å². The smallest absolute Gasteiger partial charge is 0.329 e. The number of benzene rings is 1. The molecule has 2 heterocycles. The number of allylic oxidation sites excluding steroid dienone is 1. The summed E-state index contributed by atoms with van der Waals surface area (Å²) in [5, 5.41) is 11.5. The van der Waals surface area contributed by atoms with Gasteiger partial charge in [-0.3, -0.25) is 15.3 Å². The summed E-state index contributed by atoms with van der Waals surface area (Å²) < 4.78 is 123. The Kier molecular flexibility index (Phi) is 9.22. The molecule has 1 saturated carbocycles. The number of aryl methyl sites for hydroxylation is 1. The molecule has 0 spiro atoms. The molecular weight excluding hydrogens is 597 g/mol. The predicted molar refractivity (Wildman–Crippen MR) is 135 cm³/mol. The zero-order valence-electron chi connectivity index (χ0n) is 22.8. The quantitative estimate of drug-likeness (QED) is 0.221. The number of anilines is 1. The monoisotopic (exact) mass is 623 g/mol. The minimum Gasteiger partial charge on any atom is -0.329 e. The van der Waals surface area contributed by atoms with E-state index in [1.165, 1.54) is 14.2 Å². The molecule has 4 rings (SSSR count). The highest BCUT2D eigenvalue weighted by Gasteiger charge is 2.37. The zero-order chi connectivity index (χ0) is 31.6. The molecule has 0 radical (unpaired) electrons. The molecule has 1 aliphatic carbocycles. The Balaban J connectivity index is 1.86. The third-order valence-corrected chi connectivity index (χ3v) is 6.71. The molecule has 234 valence electrons. The number of pyridine rings is 1. The Morgan fingerprint density at radius 3 is 1.98 bits per heavy atom. The van der Waals surface area contributed by atoms with Crippen LogP contribution in [0.3, 0.4) is 0 Å². The predicted octanol–water partition coefficient (Wildman–Crippen LogP) is 6.69. The number of nitrogens with zero attached hydrogens (tertiary/aromatic N) is 6. The fourth-order valence-electron chi connectivity index (χ4n) is 4.76. The fraction of sp³-hybridized carbons (Fsp3) is 0.462. The molecule has 17 heteroatoms.